The van der Waals surface area contributed by atoms with Gasteiger partial charge in [-0.05, 0) is 61.2 Å². The molecule has 11 nitrogen and oxygen atoms in total. The van der Waals surface area contributed by atoms with Crippen LogP contribution in [-0.2, 0) is 16.0 Å². The van der Waals surface area contributed by atoms with Gasteiger partial charge in [0.25, 0.3) is 5.91 Å². The first-order valence-electron chi connectivity index (χ1n) is 14.1. The van der Waals surface area contributed by atoms with E-state index >= 15 is 0 Å². The summed E-state index contributed by atoms with van der Waals surface area (Å²) in [6, 6.07) is 18.7. The molecule has 1 heterocycles. The van der Waals surface area contributed by atoms with Crippen molar-refractivity contribution in [3.8, 4) is 23.3 Å². The predicted molar refractivity (Wildman–Crippen MR) is 172 cm³/mol. The Labute approximate surface area is 265 Å². The lowest BCUT2D eigenvalue weighted by Crippen LogP contribution is -2.23. The van der Waals surface area contributed by atoms with E-state index in [1.54, 1.807) is 69.7 Å². The zero-order chi connectivity index (χ0) is 33.4. The fourth-order valence-corrected chi connectivity index (χ4v) is 4.72. The first-order chi connectivity index (χ1) is 22.1. The molecule has 0 aliphatic rings. The molecule has 11 heteroatoms. The minimum Gasteiger partial charge on any atom is -0.511 e. The minimum absolute atomic E-state index is 0.0304. The summed E-state index contributed by atoms with van der Waals surface area (Å²) in [5.74, 6) is -0.784. The van der Waals surface area contributed by atoms with Gasteiger partial charge in [0.2, 0.25) is 11.7 Å². The summed E-state index contributed by atoms with van der Waals surface area (Å²) in [5.41, 5.74) is 2.37. The second kappa shape index (κ2) is 14.6. The Kier molecular flexibility index (Phi) is 10.5. The van der Waals surface area contributed by atoms with Crippen LogP contribution in [0.5, 0.6) is 17.2 Å². The molecule has 3 aromatic carbocycles. The maximum atomic E-state index is 13.7. The first-order valence-corrected chi connectivity index (χ1v) is 14.1. The van der Waals surface area contributed by atoms with Gasteiger partial charge in [0, 0.05) is 23.6 Å². The van der Waals surface area contributed by atoms with Crippen molar-refractivity contribution in [2.75, 3.05) is 33.2 Å². The van der Waals surface area contributed by atoms with Crippen molar-refractivity contribution in [2.45, 2.75) is 20.3 Å². The second-order valence-corrected chi connectivity index (χ2v) is 10.1. The van der Waals surface area contributed by atoms with E-state index in [9.17, 15) is 24.8 Å². The van der Waals surface area contributed by atoms with Crippen LogP contribution in [-0.4, -0.2) is 50.6 Å². The van der Waals surface area contributed by atoms with Gasteiger partial charge in [-0.15, -0.1) is 0 Å². The lowest BCUT2D eigenvalue weighted by molar-refractivity contribution is -0.116. The summed E-state index contributed by atoms with van der Waals surface area (Å²) in [6.45, 7) is 3.41. The highest BCUT2D eigenvalue weighted by atomic mass is 16.5. The first kappa shape index (κ1) is 32.9. The summed E-state index contributed by atoms with van der Waals surface area (Å²) in [4.78, 5) is 39.1. The smallest absolute Gasteiger partial charge is 0.269 e. The Hall–Kier alpha value is -6.02. The Balaban J connectivity index is 1.51. The lowest BCUT2D eigenvalue weighted by Gasteiger charge is -2.10. The number of nitrogens with one attached hydrogen (secondary N) is 2. The molecule has 0 unspecified atom stereocenters. The molecule has 1 aromatic heterocycles. The molecule has 0 saturated carbocycles. The molecule has 46 heavy (non-hydrogen) atoms. The number of allylic oxidation sites excluding steroid dienone is 2. The van der Waals surface area contributed by atoms with Crippen molar-refractivity contribution in [1.82, 2.24) is 5.32 Å². The summed E-state index contributed by atoms with van der Waals surface area (Å²) in [5, 5.41) is 24.9. The SMILES string of the molecule is COc1ccc(CCNC(=O)C=C(C)c2ccc(C(=O)c3oc4c(OC)cccc4c3NC(=O)C(C#N)=C(C)O)cc2)cc1OC. The van der Waals surface area contributed by atoms with Gasteiger partial charge >= 0.3 is 0 Å². The second-order valence-electron chi connectivity index (χ2n) is 10.1. The number of carbonyl (C=O) groups is 3. The zero-order valence-electron chi connectivity index (χ0n) is 26.0. The van der Waals surface area contributed by atoms with E-state index in [1.807, 2.05) is 18.2 Å². The average molecular weight is 624 g/mol. The molecule has 0 radical (unpaired) electrons. The fraction of sp³-hybridized carbons (Fsp3) is 0.200. The number of fused-ring (bicyclic) bond motifs is 1. The summed E-state index contributed by atoms with van der Waals surface area (Å²) >= 11 is 0. The number of rotatable bonds is 12. The quantitative estimate of drug-likeness (QED) is 0.0773. The molecule has 0 saturated heterocycles. The number of para-hydroxylation sites is 1. The molecule has 2 amide bonds. The van der Waals surface area contributed by atoms with Crippen LogP contribution in [0, 0.1) is 11.3 Å². The monoisotopic (exact) mass is 623 g/mol. The number of ether oxygens (including phenoxy) is 3. The maximum absolute atomic E-state index is 13.7. The van der Waals surface area contributed by atoms with Crippen LogP contribution in [0.1, 0.15) is 41.1 Å². The summed E-state index contributed by atoms with van der Waals surface area (Å²) in [7, 11) is 4.58. The highest BCUT2D eigenvalue weighted by Gasteiger charge is 2.26. The van der Waals surface area contributed by atoms with Crippen LogP contribution in [0.2, 0.25) is 0 Å². The van der Waals surface area contributed by atoms with Crippen LogP contribution in [0.15, 0.2) is 82.5 Å². The number of carbonyl (C=O) groups excluding carboxylic acids is 3. The third kappa shape index (κ3) is 7.19. The Morgan fingerprint density at radius 1 is 0.913 bits per heavy atom. The van der Waals surface area contributed by atoms with Crippen molar-refractivity contribution < 1.29 is 38.1 Å². The van der Waals surface area contributed by atoms with E-state index in [-0.39, 0.29) is 28.5 Å². The number of hydrogen-bond acceptors (Lipinski definition) is 9. The number of nitrogens with zero attached hydrogens (tertiary/aromatic N) is 1. The van der Waals surface area contributed by atoms with E-state index in [0.29, 0.717) is 46.7 Å². The van der Waals surface area contributed by atoms with Crippen LogP contribution in [0.25, 0.3) is 16.5 Å². The lowest BCUT2D eigenvalue weighted by atomic mass is 10.0. The Bertz CT molecular complexity index is 1890. The molecular formula is C35H33N3O8. The van der Waals surface area contributed by atoms with Gasteiger partial charge in [-0.2, -0.15) is 5.26 Å². The molecule has 236 valence electrons. The van der Waals surface area contributed by atoms with Gasteiger partial charge in [0.05, 0.1) is 27.0 Å². The van der Waals surface area contributed by atoms with Crippen molar-refractivity contribution >= 4 is 39.8 Å². The number of furan rings is 1. The third-order valence-corrected chi connectivity index (χ3v) is 7.16. The molecule has 4 rings (SSSR count). The van der Waals surface area contributed by atoms with Gasteiger partial charge in [0.1, 0.15) is 11.8 Å². The van der Waals surface area contributed by atoms with Crippen molar-refractivity contribution in [3.05, 3.63) is 101 Å². The molecule has 4 aromatic rings. The van der Waals surface area contributed by atoms with Crippen LogP contribution in [0.4, 0.5) is 5.69 Å². The molecule has 3 N–H and O–H groups in total. The Morgan fingerprint density at radius 2 is 1.59 bits per heavy atom. The van der Waals surface area contributed by atoms with E-state index in [2.05, 4.69) is 10.6 Å². The number of hydrogen-bond donors (Lipinski definition) is 3. The number of nitriles is 1. The van der Waals surface area contributed by atoms with E-state index in [0.717, 1.165) is 5.56 Å². The maximum Gasteiger partial charge on any atom is 0.269 e. The van der Waals surface area contributed by atoms with Crippen molar-refractivity contribution in [3.63, 3.8) is 0 Å². The molecule has 0 atom stereocenters. The summed E-state index contributed by atoms with van der Waals surface area (Å²) in [6.07, 6.45) is 2.08. The minimum atomic E-state index is -0.903. The van der Waals surface area contributed by atoms with Gasteiger partial charge in [-0.25, -0.2) is 0 Å². The molecule has 0 aliphatic heterocycles. The number of aliphatic hydroxyl groups is 1. The largest absolute Gasteiger partial charge is 0.511 e. The number of benzene rings is 3. The third-order valence-electron chi connectivity index (χ3n) is 7.16. The van der Waals surface area contributed by atoms with Gasteiger partial charge in [0.15, 0.2) is 34.2 Å². The normalized spacial score (nSPS) is 11.7. The van der Waals surface area contributed by atoms with E-state index in [1.165, 1.54) is 20.1 Å². The standard InChI is InChI=1S/C35H33N3O8/c1-20(17-30(40)37-16-15-22-9-14-27(43-3)29(18-22)45-5)23-10-12-24(13-11-23)32(41)34-31(38-35(42)26(19-36)21(2)39)25-7-6-8-28(44-4)33(25)46-34/h6-14,17-18,39H,15-16H2,1-5H3,(H,37,40)(H,38,42). The number of amides is 2. The highest BCUT2D eigenvalue weighted by molar-refractivity contribution is 6.20. The van der Waals surface area contributed by atoms with Crippen LogP contribution >= 0.6 is 0 Å². The number of ketones is 1. The number of anilines is 1. The van der Waals surface area contributed by atoms with Crippen LogP contribution < -0.4 is 24.8 Å². The molecule has 0 bridgehead atoms. The number of methoxy groups -OCH3 is 3. The van der Waals surface area contributed by atoms with Crippen molar-refractivity contribution in [2.24, 2.45) is 0 Å². The van der Waals surface area contributed by atoms with E-state index in [4.69, 9.17) is 18.6 Å². The molecular weight excluding hydrogens is 590 g/mol. The predicted octanol–water partition coefficient (Wildman–Crippen LogP) is 5.75. The highest BCUT2D eigenvalue weighted by Crippen LogP contribution is 2.38. The molecule has 0 fully saturated rings. The molecule has 0 spiro atoms. The van der Waals surface area contributed by atoms with Gasteiger partial charge < -0.3 is 34.4 Å². The Morgan fingerprint density at radius 3 is 2.22 bits per heavy atom. The van der Waals surface area contributed by atoms with E-state index < -0.39 is 23.0 Å². The zero-order valence-corrected chi connectivity index (χ0v) is 26.0. The van der Waals surface area contributed by atoms with Gasteiger partial charge in [-0.1, -0.05) is 36.4 Å². The van der Waals surface area contributed by atoms with Crippen molar-refractivity contribution in [1.29, 1.82) is 5.26 Å². The van der Waals surface area contributed by atoms with Gasteiger partial charge in [-0.3, -0.25) is 14.4 Å². The fourth-order valence-electron chi connectivity index (χ4n) is 4.72. The topological polar surface area (TPSA) is 160 Å². The number of aliphatic hydroxyl groups excluding tert-OH is 1. The summed E-state index contributed by atoms with van der Waals surface area (Å²) < 4.78 is 21.9. The molecule has 0 aliphatic carbocycles. The van der Waals surface area contributed by atoms with Crippen LogP contribution in [0.3, 0.4) is 0 Å². The average Bonchev–Trinajstić information content (AvgIpc) is 3.42.